The van der Waals surface area contributed by atoms with Crippen LogP contribution in [0.4, 0.5) is 23.2 Å². The first-order valence-corrected chi connectivity index (χ1v) is 12.8. The molecule has 2 aliphatic rings. The Bertz CT molecular complexity index is 1170. The molecule has 0 bridgehead atoms. The Labute approximate surface area is 230 Å². The van der Waals surface area contributed by atoms with Gasteiger partial charge >= 0.3 is 12.1 Å². The Kier molecular flexibility index (Phi) is 9.57. The van der Waals surface area contributed by atoms with Crippen LogP contribution in [0, 0.1) is 9.39 Å². The van der Waals surface area contributed by atoms with E-state index in [4.69, 9.17) is 9.90 Å². The van der Waals surface area contributed by atoms with Crippen LogP contribution in [0.15, 0.2) is 48.5 Å². The van der Waals surface area contributed by atoms with Crippen molar-refractivity contribution in [2.24, 2.45) is 0 Å². The largest absolute Gasteiger partial charge is 0.490 e. The summed E-state index contributed by atoms with van der Waals surface area (Å²) in [7, 11) is 0. The number of likely N-dealkylation sites (tertiary alicyclic amines) is 1. The smallest absolute Gasteiger partial charge is 0.475 e. The number of hydrogen-bond acceptors (Lipinski definition) is 5. The quantitative estimate of drug-likeness (QED) is 0.338. The number of carboxylic acid groups (broad SMARTS) is 1. The van der Waals surface area contributed by atoms with Gasteiger partial charge in [0, 0.05) is 34.9 Å². The van der Waals surface area contributed by atoms with E-state index in [1.165, 1.54) is 12.1 Å². The molecule has 0 radical (unpaired) electrons. The molecule has 2 aromatic carbocycles. The maximum Gasteiger partial charge on any atom is 0.490 e. The Morgan fingerprint density at radius 2 is 1.79 bits per heavy atom. The molecular formula is C25H27F4IN4O4. The number of halogens is 5. The van der Waals surface area contributed by atoms with Crippen molar-refractivity contribution in [1.29, 1.82) is 0 Å². The van der Waals surface area contributed by atoms with Gasteiger partial charge in [0.15, 0.2) is 0 Å². The van der Waals surface area contributed by atoms with Crippen molar-refractivity contribution in [3.8, 4) is 0 Å². The molecule has 13 heteroatoms. The Morgan fingerprint density at radius 1 is 1.16 bits per heavy atom. The van der Waals surface area contributed by atoms with E-state index in [9.17, 15) is 27.2 Å². The summed E-state index contributed by atoms with van der Waals surface area (Å²) >= 11 is 2.17. The number of benzene rings is 2. The van der Waals surface area contributed by atoms with Crippen LogP contribution in [-0.2, 0) is 9.59 Å². The second-order valence-electron chi connectivity index (χ2n) is 9.06. The highest BCUT2D eigenvalue weighted by atomic mass is 127. The molecule has 2 saturated heterocycles. The topological polar surface area (TPSA) is 102 Å². The van der Waals surface area contributed by atoms with E-state index >= 15 is 0 Å². The van der Waals surface area contributed by atoms with Crippen molar-refractivity contribution in [3.05, 3.63) is 63.5 Å². The van der Waals surface area contributed by atoms with Crippen molar-refractivity contribution >= 4 is 46.1 Å². The van der Waals surface area contributed by atoms with Crippen LogP contribution < -0.4 is 15.5 Å². The number of nitrogens with one attached hydrogen (secondary N) is 2. The summed E-state index contributed by atoms with van der Waals surface area (Å²) in [6.45, 7) is 4.58. The van der Waals surface area contributed by atoms with Crippen molar-refractivity contribution in [1.82, 2.24) is 15.5 Å². The molecule has 206 valence electrons. The van der Waals surface area contributed by atoms with Gasteiger partial charge in [0.2, 0.25) is 5.91 Å². The molecule has 0 aromatic heterocycles. The van der Waals surface area contributed by atoms with Gasteiger partial charge in [0.1, 0.15) is 11.4 Å². The van der Waals surface area contributed by atoms with Gasteiger partial charge in [0.25, 0.3) is 5.91 Å². The van der Waals surface area contributed by atoms with Crippen molar-refractivity contribution < 1.29 is 37.1 Å². The zero-order chi connectivity index (χ0) is 28.1. The lowest BCUT2D eigenvalue weighted by Crippen LogP contribution is -2.57. The van der Waals surface area contributed by atoms with Gasteiger partial charge in [-0.25, -0.2) is 9.18 Å². The monoisotopic (exact) mass is 650 g/mol. The van der Waals surface area contributed by atoms with E-state index in [1.807, 2.05) is 42.2 Å². The zero-order valence-electron chi connectivity index (χ0n) is 20.4. The SMILES string of the molecule is C[C@@H](CN1CCC2(CC1)C(=O)NCN2c1cccc(F)c1)NC(=O)c1ccccc1I.O=C(O)C(F)(F)F. The van der Waals surface area contributed by atoms with Crippen LogP contribution in [0.3, 0.4) is 0 Å². The minimum Gasteiger partial charge on any atom is -0.475 e. The molecule has 4 rings (SSSR count). The Morgan fingerprint density at radius 3 is 2.37 bits per heavy atom. The third-order valence-corrected chi connectivity index (χ3v) is 7.35. The highest BCUT2D eigenvalue weighted by molar-refractivity contribution is 14.1. The fourth-order valence-electron chi connectivity index (χ4n) is 4.55. The van der Waals surface area contributed by atoms with E-state index in [0.29, 0.717) is 31.6 Å². The highest BCUT2D eigenvalue weighted by Crippen LogP contribution is 2.36. The van der Waals surface area contributed by atoms with Crippen molar-refractivity contribution in [2.75, 3.05) is 31.2 Å². The number of piperidine rings is 1. The summed E-state index contributed by atoms with van der Waals surface area (Å²) in [6, 6.07) is 13.9. The van der Waals surface area contributed by atoms with Gasteiger partial charge in [-0.3, -0.25) is 9.59 Å². The number of amides is 2. The van der Waals surface area contributed by atoms with Crippen LogP contribution in [0.1, 0.15) is 30.1 Å². The molecule has 2 aromatic rings. The molecule has 0 unspecified atom stereocenters. The van der Waals surface area contributed by atoms with Crippen LogP contribution in [0.2, 0.25) is 0 Å². The predicted octanol–water partition coefficient (Wildman–Crippen LogP) is 3.61. The van der Waals surface area contributed by atoms with Gasteiger partial charge in [-0.15, -0.1) is 0 Å². The van der Waals surface area contributed by atoms with Crippen LogP contribution in [0.5, 0.6) is 0 Å². The maximum atomic E-state index is 13.8. The number of carboxylic acids is 1. The van der Waals surface area contributed by atoms with Gasteiger partial charge in [-0.05, 0) is 72.7 Å². The lowest BCUT2D eigenvalue weighted by molar-refractivity contribution is -0.192. The number of nitrogens with zero attached hydrogens (tertiary/aromatic N) is 2. The number of carbonyl (C=O) groups excluding carboxylic acids is 2. The molecule has 38 heavy (non-hydrogen) atoms. The Hall–Kier alpha value is -2.94. The minimum absolute atomic E-state index is 0.0106. The maximum absolute atomic E-state index is 13.8. The fourth-order valence-corrected chi connectivity index (χ4v) is 5.19. The van der Waals surface area contributed by atoms with E-state index < -0.39 is 17.7 Å². The lowest BCUT2D eigenvalue weighted by atomic mass is 9.85. The second-order valence-corrected chi connectivity index (χ2v) is 10.2. The zero-order valence-corrected chi connectivity index (χ0v) is 22.6. The molecule has 8 nitrogen and oxygen atoms in total. The molecular weight excluding hydrogens is 623 g/mol. The Balaban J connectivity index is 0.000000505. The van der Waals surface area contributed by atoms with Crippen molar-refractivity contribution in [3.63, 3.8) is 0 Å². The second kappa shape index (κ2) is 12.3. The molecule has 3 N–H and O–H groups in total. The number of rotatable bonds is 5. The standard InChI is InChI=1S/C23H26FIN4O2.C2HF3O2/c1-16(27-21(30)19-7-2-3-8-20(19)25)14-28-11-9-23(10-12-28)22(31)26-15-29(23)18-6-4-5-17(24)13-18;3-2(4,5)1(6)7/h2-8,13,16H,9-12,14-15H2,1H3,(H,26,31)(H,27,30);(H,6,7)/t16-;/m0./s1. The number of anilines is 1. The fraction of sp³-hybridized carbons (Fsp3) is 0.400. The third kappa shape index (κ3) is 7.12. The average Bonchev–Trinajstić information content (AvgIpc) is 3.16. The number of carbonyl (C=O) groups is 3. The summed E-state index contributed by atoms with van der Waals surface area (Å²) in [4.78, 5) is 38.5. The number of alkyl halides is 3. The van der Waals surface area contributed by atoms with Gasteiger partial charge < -0.3 is 25.5 Å². The first-order valence-electron chi connectivity index (χ1n) is 11.7. The predicted molar refractivity (Wildman–Crippen MR) is 140 cm³/mol. The molecule has 1 spiro atoms. The molecule has 0 saturated carbocycles. The highest BCUT2D eigenvalue weighted by Gasteiger charge is 2.50. The van der Waals surface area contributed by atoms with Gasteiger partial charge in [0.05, 0.1) is 12.2 Å². The minimum atomic E-state index is -5.08. The van der Waals surface area contributed by atoms with E-state index in [1.54, 1.807) is 6.07 Å². The van der Waals surface area contributed by atoms with E-state index in [0.717, 1.165) is 22.3 Å². The van der Waals surface area contributed by atoms with Crippen LogP contribution >= 0.6 is 22.6 Å². The summed E-state index contributed by atoms with van der Waals surface area (Å²) < 4.78 is 46.4. The average molecular weight is 650 g/mol. The first kappa shape index (κ1) is 29.6. The van der Waals surface area contributed by atoms with Crippen molar-refractivity contribution in [2.45, 2.75) is 37.5 Å². The number of aliphatic carboxylic acids is 1. The molecule has 2 fully saturated rings. The van der Waals surface area contributed by atoms with Gasteiger partial charge in [-0.2, -0.15) is 13.2 Å². The molecule has 2 aliphatic heterocycles. The molecule has 1 atom stereocenters. The lowest BCUT2D eigenvalue weighted by Gasteiger charge is -2.43. The summed E-state index contributed by atoms with van der Waals surface area (Å²) in [5.74, 6) is -3.12. The number of hydrogen-bond donors (Lipinski definition) is 3. The van der Waals surface area contributed by atoms with Crippen LogP contribution in [-0.4, -0.2) is 71.9 Å². The van der Waals surface area contributed by atoms with Crippen LogP contribution in [0.25, 0.3) is 0 Å². The first-order chi connectivity index (χ1) is 17.8. The molecule has 0 aliphatic carbocycles. The summed E-state index contributed by atoms with van der Waals surface area (Å²) in [5, 5.41) is 13.1. The van der Waals surface area contributed by atoms with Gasteiger partial charge in [-0.1, -0.05) is 18.2 Å². The molecule has 2 amide bonds. The third-order valence-electron chi connectivity index (χ3n) is 6.41. The van der Waals surface area contributed by atoms with E-state index in [2.05, 4.69) is 38.1 Å². The summed E-state index contributed by atoms with van der Waals surface area (Å²) in [5.41, 5.74) is 0.766. The normalized spacial score (nSPS) is 17.8. The summed E-state index contributed by atoms with van der Waals surface area (Å²) in [6.07, 6.45) is -3.76. The van der Waals surface area contributed by atoms with E-state index in [-0.39, 0.29) is 23.7 Å². The molecule has 2 heterocycles.